The van der Waals surface area contributed by atoms with Gasteiger partial charge in [0.2, 0.25) is 0 Å². The minimum Gasteiger partial charge on any atom is -0.502 e. The minimum atomic E-state index is -1.21. The summed E-state index contributed by atoms with van der Waals surface area (Å²) in [6.07, 6.45) is 1.64. The fourth-order valence-corrected chi connectivity index (χ4v) is 5.21. The summed E-state index contributed by atoms with van der Waals surface area (Å²) in [5, 5.41) is 10.8. The molecule has 0 aliphatic carbocycles. The number of hydrogen-bond acceptors (Lipinski definition) is 6. The minimum absolute atomic E-state index is 0.0667. The molecule has 1 atom stereocenters. The summed E-state index contributed by atoms with van der Waals surface area (Å²) >= 11 is 5.88. The maximum Gasteiger partial charge on any atom is 0.302 e. The molecule has 0 fully saturated rings. The molecule has 1 aromatic heterocycles. The Hall–Kier alpha value is -3.40. The van der Waals surface area contributed by atoms with E-state index in [1.807, 2.05) is 0 Å². The van der Waals surface area contributed by atoms with Crippen molar-refractivity contribution in [1.29, 1.82) is 0 Å². The molecule has 9 nitrogen and oxygen atoms in total. The van der Waals surface area contributed by atoms with Gasteiger partial charge in [-0.15, -0.1) is 0 Å². The molecule has 0 spiro atoms. The number of carbonyl (C=O) groups is 3. The first-order valence-corrected chi connectivity index (χ1v) is 12.6. The molecule has 1 N–H and O–H groups in total. The van der Waals surface area contributed by atoms with Gasteiger partial charge in [-0.25, -0.2) is 4.39 Å². The Labute approximate surface area is 218 Å². The van der Waals surface area contributed by atoms with Crippen LogP contribution in [0.25, 0.3) is 0 Å². The number of anilines is 1. The molecule has 3 heterocycles. The van der Waals surface area contributed by atoms with E-state index in [0.717, 1.165) is 0 Å². The Morgan fingerprint density at radius 2 is 1.97 bits per heavy atom. The van der Waals surface area contributed by atoms with Crippen LogP contribution in [0.2, 0.25) is 5.02 Å². The highest BCUT2D eigenvalue weighted by Gasteiger charge is 2.50. The lowest BCUT2D eigenvalue weighted by molar-refractivity contribution is -0.141. The van der Waals surface area contributed by atoms with Crippen LogP contribution in [0.3, 0.4) is 0 Å². The van der Waals surface area contributed by atoms with E-state index >= 15 is 0 Å². The molecule has 4 rings (SSSR count). The fraction of sp³-hybridized carbons (Fsp3) is 0.462. The van der Waals surface area contributed by atoms with Gasteiger partial charge in [-0.05, 0) is 50.3 Å². The van der Waals surface area contributed by atoms with Gasteiger partial charge in [0.15, 0.2) is 5.75 Å². The van der Waals surface area contributed by atoms with Crippen LogP contribution in [0.5, 0.6) is 5.75 Å². The van der Waals surface area contributed by atoms with Gasteiger partial charge in [0.05, 0.1) is 17.2 Å². The summed E-state index contributed by atoms with van der Waals surface area (Å²) in [7, 11) is 0. The van der Waals surface area contributed by atoms with E-state index in [0.29, 0.717) is 42.6 Å². The number of halogens is 2. The summed E-state index contributed by atoms with van der Waals surface area (Å²) < 4.78 is 19.9. The average Bonchev–Trinajstić information content (AvgIpc) is 3.08. The monoisotopic (exact) mass is 533 g/mol. The molecule has 198 valence electrons. The van der Waals surface area contributed by atoms with Crippen molar-refractivity contribution in [2.45, 2.75) is 58.5 Å². The molecule has 1 aromatic carbocycles. The Kier molecular flexibility index (Phi) is 7.32. The predicted molar refractivity (Wildman–Crippen MR) is 134 cm³/mol. The second kappa shape index (κ2) is 10.2. The van der Waals surface area contributed by atoms with Crippen LogP contribution in [0, 0.1) is 5.82 Å². The Morgan fingerprint density at radius 1 is 1.24 bits per heavy atom. The van der Waals surface area contributed by atoms with Gasteiger partial charge in [-0.2, -0.15) is 0 Å². The lowest BCUT2D eigenvalue weighted by atomic mass is 9.96. The largest absolute Gasteiger partial charge is 0.502 e. The standard InChI is InChI=1S/C26H29ClFN3O6/c1-4-26(3)25(36)30(10-5-6-12-37-15(2)32)22-17-9-11-29(14-16-7-8-19(28)18(27)13-16)23(34)20(17)21(33)24(35)31(22)26/h7-8,13,33H,4-6,9-12,14H2,1-3H3. The second-order valence-corrected chi connectivity index (χ2v) is 9.93. The van der Waals surface area contributed by atoms with Crippen LogP contribution in [-0.4, -0.2) is 52.1 Å². The van der Waals surface area contributed by atoms with Crippen molar-refractivity contribution in [1.82, 2.24) is 9.47 Å². The highest BCUT2D eigenvalue weighted by atomic mass is 35.5. The average molecular weight is 534 g/mol. The Balaban J connectivity index is 1.71. The molecule has 2 amide bonds. The van der Waals surface area contributed by atoms with E-state index in [2.05, 4.69) is 0 Å². The van der Waals surface area contributed by atoms with Gasteiger partial charge >= 0.3 is 5.97 Å². The van der Waals surface area contributed by atoms with Crippen LogP contribution in [0.1, 0.15) is 61.5 Å². The Morgan fingerprint density at radius 3 is 2.62 bits per heavy atom. The van der Waals surface area contributed by atoms with Gasteiger partial charge in [0, 0.05) is 32.1 Å². The summed E-state index contributed by atoms with van der Waals surface area (Å²) in [6, 6.07) is 4.16. The third-order valence-corrected chi connectivity index (χ3v) is 7.43. The molecule has 2 aromatic rings. The smallest absolute Gasteiger partial charge is 0.302 e. The number of aromatic nitrogens is 1. The number of aromatic hydroxyl groups is 1. The number of pyridine rings is 1. The number of benzene rings is 1. The first-order chi connectivity index (χ1) is 17.5. The number of unbranched alkanes of at least 4 members (excludes halogenated alkanes) is 1. The number of amides is 2. The highest BCUT2D eigenvalue weighted by molar-refractivity contribution is 6.30. The van der Waals surface area contributed by atoms with Crippen LogP contribution >= 0.6 is 11.6 Å². The van der Waals surface area contributed by atoms with Gasteiger partial charge in [0.25, 0.3) is 17.4 Å². The van der Waals surface area contributed by atoms with Crippen molar-refractivity contribution in [3.8, 4) is 5.75 Å². The zero-order valence-electron chi connectivity index (χ0n) is 21.0. The number of esters is 1. The van der Waals surface area contributed by atoms with Crippen LogP contribution in [0.4, 0.5) is 10.2 Å². The maximum absolute atomic E-state index is 13.6. The molecule has 37 heavy (non-hydrogen) atoms. The number of ether oxygens (including phenoxy) is 1. The van der Waals surface area contributed by atoms with E-state index in [1.165, 1.54) is 39.5 Å². The van der Waals surface area contributed by atoms with Gasteiger partial charge in [-0.1, -0.05) is 24.6 Å². The van der Waals surface area contributed by atoms with E-state index in [-0.39, 0.29) is 48.7 Å². The number of fused-ring (bicyclic) bond motifs is 3. The summed E-state index contributed by atoms with van der Waals surface area (Å²) in [5.74, 6) is -2.15. The molecule has 0 radical (unpaired) electrons. The van der Waals surface area contributed by atoms with Crippen molar-refractivity contribution >= 4 is 35.2 Å². The molecule has 11 heteroatoms. The molecular weight excluding hydrogens is 505 g/mol. The van der Waals surface area contributed by atoms with Crippen molar-refractivity contribution < 1.29 is 28.6 Å². The number of hydrogen-bond donors (Lipinski definition) is 1. The summed E-state index contributed by atoms with van der Waals surface area (Å²) in [4.78, 5) is 54.4. The van der Waals surface area contributed by atoms with Gasteiger partial charge < -0.3 is 14.7 Å². The molecular formula is C26H29ClFN3O6. The number of rotatable bonds is 8. The van der Waals surface area contributed by atoms with Crippen molar-refractivity contribution in [2.75, 3.05) is 24.6 Å². The molecule has 0 bridgehead atoms. The predicted octanol–water partition coefficient (Wildman–Crippen LogP) is 3.36. The first kappa shape index (κ1) is 26.7. The van der Waals surface area contributed by atoms with Gasteiger partial charge in [0.1, 0.15) is 17.2 Å². The third kappa shape index (κ3) is 4.58. The Bertz CT molecular complexity index is 1340. The fourth-order valence-electron chi connectivity index (χ4n) is 5.01. The second-order valence-electron chi connectivity index (χ2n) is 9.52. The molecule has 2 aliphatic rings. The van der Waals surface area contributed by atoms with E-state index in [1.54, 1.807) is 13.8 Å². The topological polar surface area (TPSA) is 109 Å². The van der Waals surface area contributed by atoms with Crippen LogP contribution in [0.15, 0.2) is 23.0 Å². The van der Waals surface area contributed by atoms with Gasteiger partial charge in [-0.3, -0.25) is 28.6 Å². The molecule has 0 saturated carbocycles. The van der Waals surface area contributed by atoms with Crippen molar-refractivity contribution in [3.05, 3.63) is 56.1 Å². The lowest BCUT2D eigenvalue weighted by Gasteiger charge is -2.32. The molecule has 2 aliphatic heterocycles. The quantitative estimate of drug-likeness (QED) is 0.412. The SMILES string of the molecule is CCC1(C)C(=O)N(CCCCOC(C)=O)c2c3c(c(O)c(=O)n21)C(=O)N(Cc1ccc(F)c(Cl)c1)CC3. The zero-order valence-corrected chi connectivity index (χ0v) is 21.7. The van der Waals surface area contributed by atoms with Crippen molar-refractivity contribution in [3.63, 3.8) is 0 Å². The first-order valence-electron chi connectivity index (χ1n) is 12.2. The normalized spacial score (nSPS) is 18.7. The van der Waals surface area contributed by atoms with Crippen LogP contribution < -0.4 is 10.5 Å². The molecule has 0 saturated heterocycles. The van der Waals surface area contributed by atoms with E-state index in [9.17, 15) is 28.7 Å². The third-order valence-electron chi connectivity index (χ3n) is 7.14. The van der Waals surface area contributed by atoms with Crippen LogP contribution in [-0.2, 0) is 32.8 Å². The summed E-state index contributed by atoms with van der Waals surface area (Å²) in [5.41, 5.74) is -1.08. The highest BCUT2D eigenvalue weighted by Crippen LogP contribution is 2.42. The number of carbonyl (C=O) groups excluding carboxylic acids is 3. The maximum atomic E-state index is 13.6. The lowest BCUT2D eigenvalue weighted by Crippen LogP contribution is -2.43. The van der Waals surface area contributed by atoms with Crippen molar-refractivity contribution in [2.24, 2.45) is 0 Å². The van der Waals surface area contributed by atoms with E-state index in [4.69, 9.17) is 16.3 Å². The van der Waals surface area contributed by atoms with E-state index < -0.39 is 28.6 Å². The molecule has 1 unspecified atom stereocenters. The summed E-state index contributed by atoms with van der Waals surface area (Å²) in [6.45, 7) is 5.62. The number of nitrogens with zero attached hydrogens (tertiary/aromatic N) is 3. The zero-order chi connectivity index (χ0) is 27.1.